The van der Waals surface area contributed by atoms with Gasteiger partial charge in [0.25, 0.3) is 5.91 Å². The minimum Gasteiger partial charge on any atom is -0.490 e. The molecule has 0 unspecified atom stereocenters. The molecule has 0 aliphatic carbocycles. The van der Waals surface area contributed by atoms with E-state index in [9.17, 15) is 13.6 Å². The van der Waals surface area contributed by atoms with E-state index >= 15 is 0 Å². The van der Waals surface area contributed by atoms with Crippen molar-refractivity contribution in [3.63, 3.8) is 0 Å². The third-order valence-corrected chi connectivity index (χ3v) is 7.48. The Hall–Kier alpha value is -3.75. The lowest BCUT2D eigenvalue weighted by Gasteiger charge is -2.32. The first-order valence-corrected chi connectivity index (χ1v) is 14.0. The number of anilines is 1. The standard InChI is InChI=1S/C32H33ClF2N4O2/c1-32(2,3)39-30(21-4-6-23(34)7-5-21)28(19-36-39)31(40)37-25-10-13-29(33)22(18-25)20-38-16-14-27(15-17-38)41-26-11-8-24(35)9-12-26/h4-13,18-19,27H,14-17,20H2,1-3H3,(H,37,40). The van der Waals surface area contributed by atoms with Gasteiger partial charge in [0, 0.05) is 35.9 Å². The zero-order chi connectivity index (χ0) is 29.1. The highest BCUT2D eigenvalue weighted by Gasteiger charge is 2.26. The molecule has 1 fully saturated rings. The van der Waals surface area contributed by atoms with Crippen molar-refractivity contribution in [3.8, 4) is 17.0 Å². The predicted octanol–water partition coefficient (Wildman–Crippen LogP) is 7.53. The van der Waals surface area contributed by atoms with E-state index in [1.807, 2.05) is 26.8 Å². The van der Waals surface area contributed by atoms with Crippen LogP contribution in [-0.4, -0.2) is 39.8 Å². The summed E-state index contributed by atoms with van der Waals surface area (Å²) in [6, 6.07) is 17.6. The van der Waals surface area contributed by atoms with Gasteiger partial charge in [-0.2, -0.15) is 5.10 Å². The first kappa shape index (κ1) is 28.8. The van der Waals surface area contributed by atoms with E-state index in [0.29, 0.717) is 39.8 Å². The molecule has 1 N–H and O–H groups in total. The average molecular weight is 579 g/mol. The summed E-state index contributed by atoms with van der Waals surface area (Å²) < 4.78 is 34.6. The summed E-state index contributed by atoms with van der Waals surface area (Å²) in [4.78, 5) is 15.8. The smallest absolute Gasteiger partial charge is 0.259 e. The van der Waals surface area contributed by atoms with Gasteiger partial charge in [0.1, 0.15) is 23.5 Å². The van der Waals surface area contributed by atoms with E-state index in [2.05, 4.69) is 15.3 Å². The quantitative estimate of drug-likeness (QED) is 0.246. The highest BCUT2D eigenvalue weighted by Crippen LogP contribution is 2.31. The molecule has 1 aromatic heterocycles. The maximum atomic E-state index is 13.6. The molecule has 5 rings (SSSR count). The van der Waals surface area contributed by atoms with Crippen molar-refractivity contribution in [2.45, 2.75) is 51.8 Å². The molecule has 3 aromatic carbocycles. The number of ether oxygens (including phenoxy) is 1. The van der Waals surface area contributed by atoms with Crippen LogP contribution < -0.4 is 10.1 Å². The molecule has 0 spiro atoms. The summed E-state index contributed by atoms with van der Waals surface area (Å²) in [6.45, 7) is 8.28. The molecule has 0 saturated carbocycles. The molecule has 9 heteroatoms. The zero-order valence-electron chi connectivity index (χ0n) is 23.3. The topological polar surface area (TPSA) is 59.4 Å². The van der Waals surface area contributed by atoms with Crippen molar-refractivity contribution in [2.24, 2.45) is 0 Å². The number of rotatable bonds is 7. The minimum absolute atomic E-state index is 0.0714. The van der Waals surface area contributed by atoms with Crippen LogP contribution in [-0.2, 0) is 12.1 Å². The van der Waals surface area contributed by atoms with Gasteiger partial charge in [-0.1, -0.05) is 11.6 Å². The number of hydrogen-bond donors (Lipinski definition) is 1. The Balaban J connectivity index is 1.27. The summed E-state index contributed by atoms with van der Waals surface area (Å²) in [5.41, 5.74) is 2.85. The number of hydrogen-bond acceptors (Lipinski definition) is 4. The molecule has 0 bridgehead atoms. The van der Waals surface area contributed by atoms with Gasteiger partial charge in [-0.25, -0.2) is 8.78 Å². The Bertz CT molecular complexity index is 1510. The second-order valence-electron chi connectivity index (χ2n) is 11.3. The molecule has 4 aromatic rings. The fourth-order valence-electron chi connectivity index (χ4n) is 5.01. The van der Waals surface area contributed by atoms with Gasteiger partial charge in [0.05, 0.1) is 23.0 Å². The van der Waals surface area contributed by atoms with Crippen LogP contribution in [0.3, 0.4) is 0 Å². The highest BCUT2D eigenvalue weighted by molar-refractivity contribution is 6.31. The number of halogens is 3. The monoisotopic (exact) mass is 578 g/mol. The molecular formula is C32H33ClF2N4O2. The maximum absolute atomic E-state index is 13.6. The van der Waals surface area contributed by atoms with E-state index < -0.39 is 5.54 Å². The van der Waals surface area contributed by atoms with Crippen LogP contribution in [0.1, 0.15) is 49.5 Å². The molecule has 1 saturated heterocycles. The molecule has 0 atom stereocenters. The lowest BCUT2D eigenvalue weighted by Crippen LogP contribution is -2.37. The lowest BCUT2D eigenvalue weighted by atomic mass is 10.0. The molecule has 41 heavy (non-hydrogen) atoms. The van der Waals surface area contributed by atoms with Gasteiger partial charge < -0.3 is 10.1 Å². The fourth-order valence-corrected chi connectivity index (χ4v) is 5.19. The predicted molar refractivity (Wildman–Crippen MR) is 157 cm³/mol. The Kier molecular flexibility index (Phi) is 8.42. The normalized spacial score (nSPS) is 14.7. The van der Waals surface area contributed by atoms with Crippen molar-refractivity contribution in [1.29, 1.82) is 0 Å². The number of carbonyl (C=O) groups is 1. The highest BCUT2D eigenvalue weighted by atomic mass is 35.5. The third-order valence-electron chi connectivity index (χ3n) is 7.12. The Morgan fingerprint density at radius 1 is 1.00 bits per heavy atom. The molecule has 1 amide bonds. The number of nitrogens with zero attached hydrogens (tertiary/aromatic N) is 3. The summed E-state index contributed by atoms with van der Waals surface area (Å²) in [5, 5.41) is 8.12. The number of nitrogens with one attached hydrogen (secondary N) is 1. The van der Waals surface area contributed by atoms with E-state index in [0.717, 1.165) is 31.5 Å². The summed E-state index contributed by atoms with van der Waals surface area (Å²) in [5.74, 6) is -0.269. The van der Waals surface area contributed by atoms with Crippen LogP contribution in [0, 0.1) is 11.6 Å². The second kappa shape index (κ2) is 12.0. The van der Waals surface area contributed by atoms with Crippen molar-refractivity contribution in [1.82, 2.24) is 14.7 Å². The number of amides is 1. The molecule has 1 aliphatic heterocycles. The summed E-state index contributed by atoms with van der Waals surface area (Å²) >= 11 is 6.55. The first-order valence-electron chi connectivity index (χ1n) is 13.7. The van der Waals surface area contributed by atoms with Crippen molar-refractivity contribution >= 4 is 23.2 Å². The van der Waals surface area contributed by atoms with Crippen molar-refractivity contribution < 1.29 is 18.3 Å². The van der Waals surface area contributed by atoms with Crippen molar-refractivity contribution in [3.05, 3.63) is 101 Å². The van der Waals surface area contributed by atoms with Crippen molar-refractivity contribution in [2.75, 3.05) is 18.4 Å². The molecule has 214 valence electrons. The number of carbonyl (C=O) groups excluding carboxylic acids is 1. The number of piperidine rings is 1. The Morgan fingerprint density at radius 2 is 1.63 bits per heavy atom. The van der Waals surface area contributed by atoms with Crippen LogP contribution >= 0.6 is 11.6 Å². The minimum atomic E-state index is -0.396. The van der Waals surface area contributed by atoms with Crippen LogP contribution in [0.15, 0.2) is 72.9 Å². The van der Waals surface area contributed by atoms with Gasteiger partial charge >= 0.3 is 0 Å². The largest absolute Gasteiger partial charge is 0.490 e. The number of aromatic nitrogens is 2. The van der Waals surface area contributed by atoms with Crippen LogP contribution in [0.2, 0.25) is 5.02 Å². The van der Waals surface area contributed by atoms with E-state index in [-0.39, 0.29) is 23.6 Å². The lowest BCUT2D eigenvalue weighted by molar-refractivity contribution is 0.0967. The third kappa shape index (κ3) is 6.94. The number of benzene rings is 3. The van der Waals surface area contributed by atoms with Gasteiger partial charge in [-0.05, 0) is 106 Å². The van der Waals surface area contributed by atoms with Gasteiger partial charge in [-0.15, -0.1) is 0 Å². The molecule has 2 heterocycles. The van der Waals surface area contributed by atoms with E-state index in [1.54, 1.807) is 47.3 Å². The maximum Gasteiger partial charge on any atom is 0.259 e. The molecule has 0 radical (unpaired) electrons. The van der Waals surface area contributed by atoms with Gasteiger partial charge in [0.15, 0.2) is 0 Å². The Morgan fingerprint density at radius 3 is 2.27 bits per heavy atom. The molecule has 1 aliphatic rings. The van der Waals surface area contributed by atoms with Crippen LogP contribution in [0.4, 0.5) is 14.5 Å². The van der Waals surface area contributed by atoms with Gasteiger partial charge in [0.2, 0.25) is 0 Å². The summed E-state index contributed by atoms with van der Waals surface area (Å²) in [6.07, 6.45) is 3.31. The van der Waals surface area contributed by atoms with Gasteiger partial charge in [-0.3, -0.25) is 14.4 Å². The Labute approximate surface area is 243 Å². The van der Waals surface area contributed by atoms with Crippen LogP contribution in [0.5, 0.6) is 5.75 Å². The average Bonchev–Trinajstić information content (AvgIpc) is 3.40. The molecule has 6 nitrogen and oxygen atoms in total. The first-order chi connectivity index (χ1) is 19.6. The SMILES string of the molecule is CC(C)(C)n1ncc(C(=O)Nc2ccc(Cl)c(CN3CCC(Oc4ccc(F)cc4)CC3)c2)c1-c1ccc(F)cc1. The van der Waals surface area contributed by atoms with E-state index in [1.165, 1.54) is 24.3 Å². The number of likely N-dealkylation sites (tertiary alicyclic amines) is 1. The fraction of sp³-hybridized carbons (Fsp3) is 0.312. The second-order valence-corrected chi connectivity index (χ2v) is 11.7. The van der Waals surface area contributed by atoms with E-state index in [4.69, 9.17) is 16.3 Å². The molecular weight excluding hydrogens is 546 g/mol. The summed E-state index contributed by atoms with van der Waals surface area (Å²) in [7, 11) is 0. The van der Waals surface area contributed by atoms with Crippen LogP contribution in [0.25, 0.3) is 11.3 Å². The zero-order valence-corrected chi connectivity index (χ0v) is 24.1.